The topological polar surface area (TPSA) is 83.6 Å². The van der Waals surface area contributed by atoms with Crippen LogP contribution in [0.5, 0.6) is 0 Å². The SMILES string of the molecule is Cc1cc(Br)ccc1NC(=O)c1ccc2c(c1)S(=O)(=O)N(C(C)C)C2=O. The fourth-order valence-corrected chi connectivity index (χ4v) is 5.13. The van der Waals surface area contributed by atoms with Gasteiger partial charge in [-0.3, -0.25) is 9.59 Å². The standard InChI is InChI=1S/C18H17BrN2O4S/c1-10(2)21-18(23)14-6-4-12(9-16(14)26(21,24)25)17(22)20-15-7-5-13(19)8-11(15)3/h4-10H,1-3H3,(H,20,22). The molecule has 26 heavy (non-hydrogen) atoms. The van der Waals surface area contributed by atoms with E-state index in [0.29, 0.717) is 5.69 Å². The summed E-state index contributed by atoms with van der Waals surface area (Å²) in [5.41, 5.74) is 1.76. The molecular weight excluding hydrogens is 420 g/mol. The number of sulfonamides is 1. The van der Waals surface area contributed by atoms with Crippen molar-refractivity contribution in [3.05, 3.63) is 57.6 Å². The van der Waals surface area contributed by atoms with Crippen LogP contribution in [0.15, 0.2) is 45.8 Å². The number of hydrogen-bond acceptors (Lipinski definition) is 4. The molecule has 6 nitrogen and oxygen atoms in total. The third-order valence-corrected chi connectivity index (χ3v) is 6.61. The number of hydrogen-bond donors (Lipinski definition) is 1. The van der Waals surface area contributed by atoms with Gasteiger partial charge in [-0.1, -0.05) is 15.9 Å². The van der Waals surface area contributed by atoms with Crippen molar-refractivity contribution in [1.29, 1.82) is 0 Å². The maximum atomic E-state index is 12.6. The van der Waals surface area contributed by atoms with Crippen LogP contribution in [-0.2, 0) is 10.0 Å². The predicted octanol–water partition coefficient (Wildman–Crippen LogP) is 3.56. The minimum absolute atomic E-state index is 0.0927. The van der Waals surface area contributed by atoms with Gasteiger partial charge in [-0.2, -0.15) is 0 Å². The number of carbonyl (C=O) groups excluding carboxylic acids is 2. The van der Waals surface area contributed by atoms with E-state index >= 15 is 0 Å². The summed E-state index contributed by atoms with van der Waals surface area (Å²) >= 11 is 3.36. The summed E-state index contributed by atoms with van der Waals surface area (Å²) < 4.78 is 27.0. The summed E-state index contributed by atoms with van der Waals surface area (Å²) in [7, 11) is -3.94. The molecule has 136 valence electrons. The Labute approximate surface area is 160 Å². The van der Waals surface area contributed by atoms with Crippen LogP contribution >= 0.6 is 15.9 Å². The van der Waals surface area contributed by atoms with E-state index in [-0.39, 0.29) is 16.0 Å². The molecular formula is C18H17BrN2O4S. The number of anilines is 1. The number of carbonyl (C=O) groups is 2. The van der Waals surface area contributed by atoms with Gasteiger partial charge >= 0.3 is 0 Å². The molecule has 0 aromatic heterocycles. The molecule has 1 aliphatic heterocycles. The smallest absolute Gasteiger partial charge is 0.269 e. The Balaban J connectivity index is 1.97. The molecule has 2 amide bonds. The summed E-state index contributed by atoms with van der Waals surface area (Å²) in [4.78, 5) is 24.8. The summed E-state index contributed by atoms with van der Waals surface area (Å²) in [6.45, 7) is 5.11. The second-order valence-corrected chi connectivity index (χ2v) is 9.02. The summed E-state index contributed by atoms with van der Waals surface area (Å²) in [5, 5.41) is 2.76. The zero-order chi connectivity index (χ0) is 19.2. The van der Waals surface area contributed by atoms with Gasteiger partial charge in [-0.15, -0.1) is 0 Å². The normalized spacial score (nSPS) is 15.3. The monoisotopic (exact) mass is 436 g/mol. The van der Waals surface area contributed by atoms with Crippen molar-refractivity contribution >= 4 is 43.5 Å². The van der Waals surface area contributed by atoms with Gasteiger partial charge in [0.2, 0.25) is 0 Å². The Morgan fingerprint density at radius 3 is 2.46 bits per heavy atom. The molecule has 0 atom stereocenters. The molecule has 1 heterocycles. The van der Waals surface area contributed by atoms with Crippen LogP contribution in [0, 0.1) is 6.92 Å². The van der Waals surface area contributed by atoms with E-state index in [2.05, 4.69) is 21.2 Å². The maximum absolute atomic E-state index is 12.6. The Bertz CT molecular complexity index is 1030. The molecule has 0 spiro atoms. The fourth-order valence-electron chi connectivity index (χ4n) is 2.86. The van der Waals surface area contributed by atoms with Gasteiger partial charge in [0, 0.05) is 21.8 Å². The van der Waals surface area contributed by atoms with Gasteiger partial charge in [0.05, 0.1) is 5.56 Å². The third-order valence-electron chi connectivity index (χ3n) is 4.12. The van der Waals surface area contributed by atoms with Crippen molar-refractivity contribution in [1.82, 2.24) is 4.31 Å². The summed E-state index contributed by atoms with van der Waals surface area (Å²) in [5.74, 6) is -1.01. The lowest BCUT2D eigenvalue weighted by molar-refractivity contribution is 0.0846. The van der Waals surface area contributed by atoms with Crippen molar-refractivity contribution < 1.29 is 18.0 Å². The first kappa shape index (κ1) is 18.6. The van der Waals surface area contributed by atoms with Crippen molar-refractivity contribution in [3.8, 4) is 0 Å². The lowest BCUT2D eigenvalue weighted by atomic mass is 10.1. The molecule has 0 bridgehead atoms. The van der Waals surface area contributed by atoms with E-state index in [1.807, 2.05) is 13.0 Å². The lowest BCUT2D eigenvalue weighted by Gasteiger charge is -2.18. The Kier molecular flexibility index (Phi) is 4.66. The fraction of sp³-hybridized carbons (Fsp3) is 0.222. The van der Waals surface area contributed by atoms with Gasteiger partial charge in [-0.05, 0) is 62.7 Å². The molecule has 0 radical (unpaired) electrons. The first-order valence-corrected chi connectivity index (χ1v) is 10.2. The van der Waals surface area contributed by atoms with Gasteiger partial charge in [-0.25, -0.2) is 12.7 Å². The number of benzene rings is 2. The number of nitrogens with zero attached hydrogens (tertiary/aromatic N) is 1. The Hall–Kier alpha value is -2.19. The van der Waals surface area contributed by atoms with Gasteiger partial charge in [0.1, 0.15) is 4.90 Å². The van der Waals surface area contributed by atoms with Crippen LogP contribution in [0.25, 0.3) is 0 Å². The van der Waals surface area contributed by atoms with Crippen LogP contribution in [0.1, 0.15) is 40.1 Å². The summed E-state index contributed by atoms with van der Waals surface area (Å²) in [6, 6.07) is 9.03. The van der Waals surface area contributed by atoms with Crippen LogP contribution in [0.2, 0.25) is 0 Å². The molecule has 0 aliphatic carbocycles. The highest BCUT2D eigenvalue weighted by atomic mass is 79.9. The molecule has 8 heteroatoms. The third kappa shape index (κ3) is 3.03. The first-order chi connectivity index (χ1) is 12.1. The minimum atomic E-state index is -3.94. The van der Waals surface area contributed by atoms with Gasteiger partial charge in [0.15, 0.2) is 0 Å². The van der Waals surface area contributed by atoms with Crippen molar-refractivity contribution in [2.45, 2.75) is 31.7 Å². The van der Waals surface area contributed by atoms with E-state index in [9.17, 15) is 18.0 Å². The number of aryl methyl sites for hydroxylation is 1. The highest BCUT2D eigenvalue weighted by Crippen LogP contribution is 2.32. The number of amides is 2. The van der Waals surface area contributed by atoms with Crippen LogP contribution in [0.4, 0.5) is 5.69 Å². The minimum Gasteiger partial charge on any atom is -0.322 e. The van der Waals surface area contributed by atoms with E-state index in [4.69, 9.17) is 0 Å². The van der Waals surface area contributed by atoms with Gasteiger partial charge in [0.25, 0.3) is 21.8 Å². The lowest BCUT2D eigenvalue weighted by Crippen LogP contribution is -2.36. The van der Waals surface area contributed by atoms with Gasteiger partial charge < -0.3 is 5.32 Å². The largest absolute Gasteiger partial charge is 0.322 e. The average Bonchev–Trinajstić information content (AvgIpc) is 2.76. The molecule has 2 aromatic rings. The molecule has 1 aliphatic rings. The average molecular weight is 437 g/mol. The van der Waals surface area contributed by atoms with E-state index in [0.717, 1.165) is 14.3 Å². The van der Waals surface area contributed by atoms with Crippen LogP contribution in [0.3, 0.4) is 0 Å². The van der Waals surface area contributed by atoms with Crippen molar-refractivity contribution in [2.24, 2.45) is 0 Å². The molecule has 0 saturated carbocycles. The number of rotatable bonds is 3. The van der Waals surface area contributed by atoms with Crippen molar-refractivity contribution in [3.63, 3.8) is 0 Å². The number of fused-ring (bicyclic) bond motifs is 1. The molecule has 0 saturated heterocycles. The van der Waals surface area contributed by atoms with E-state index < -0.39 is 27.9 Å². The molecule has 0 unspecified atom stereocenters. The molecule has 1 N–H and O–H groups in total. The highest BCUT2D eigenvalue weighted by molar-refractivity contribution is 9.10. The second kappa shape index (κ2) is 6.51. The first-order valence-electron chi connectivity index (χ1n) is 7.93. The number of halogens is 1. The summed E-state index contributed by atoms with van der Waals surface area (Å²) in [6.07, 6.45) is 0. The maximum Gasteiger partial charge on any atom is 0.269 e. The predicted molar refractivity (Wildman–Crippen MR) is 102 cm³/mol. The van der Waals surface area contributed by atoms with Crippen molar-refractivity contribution in [2.75, 3.05) is 5.32 Å². The quantitative estimate of drug-likeness (QED) is 0.796. The van der Waals surface area contributed by atoms with E-state index in [1.165, 1.54) is 18.2 Å². The number of nitrogens with one attached hydrogen (secondary N) is 1. The Morgan fingerprint density at radius 1 is 1.15 bits per heavy atom. The molecule has 0 fully saturated rings. The zero-order valence-corrected chi connectivity index (χ0v) is 16.8. The van der Waals surface area contributed by atoms with Crippen LogP contribution < -0.4 is 5.32 Å². The zero-order valence-electron chi connectivity index (χ0n) is 14.4. The highest BCUT2D eigenvalue weighted by Gasteiger charge is 2.42. The second-order valence-electron chi connectivity index (χ2n) is 6.32. The molecule has 3 rings (SSSR count). The van der Waals surface area contributed by atoms with E-state index in [1.54, 1.807) is 26.0 Å². The molecule has 2 aromatic carbocycles. The Morgan fingerprint density at radius 2 is 1.85 bits per heavy atom. The van der Waals surface area contributed by atoms with Crippen LogP contribution in [-0.4, -0.2) is 30.6 Å².